The fourth-order valence-corrected chi connectivity index (χ4v) is 2.81. The third kappa shape index (κ3) is 3.06. The monoisotopic (exact) mass is 302 g/mol. The first-order valence-electron chi connectivity index (χ1n) is 7.60. The first-order valence-corrected chi connectivity index (χ1v) is 7.60. The highest BCUT2D eigenvalue weighted by atomic mass is 16.5. The van der Waals surface area contributed by atoms with Gasteiger partial charge in [0.2, 0.25) is 5.89 Å². The van der Waals surface area contributed by atoms with Crippen molar-refractivity contribution in [3.63, 3.8) is 0 Å². The molecule has 0 saturated carbocycles. The smallest absolute Gasteiger partial charge is 0.243 e. The van der Waals surface area contributed by atoms with Gasteiger partial charge in [-0.3, -0.25) is 4.90 Å². The van der Waals surface area contributed by atoms with Crippen LogP contribution in [0.3, 0.4) is 0 Å². The van der Waals surface area contributed by atoms with E-state index < -0.39 is 0 Å². The van der Waals surface area contributed by atoms with Gasteiger partial charge in [-0.2, -0.15) is 4.98 Å². The number of aromatic nitrogens is 2. The zero-order chi connectivity index (χ0) is 15.5. The van der Waals surface area contributed by atoms with Crippen LogP contribution in [-0.2, 0) is 0 Å². The molecule has 3 rings (SSSR count). The van der Waals surface area contributed by atoms with Crippen LogP contribution in [0.4, 0.5) is 5.69 Å². The van der Waals surface area contributed by atoms with Gasteiger partial charge in [0.25, 0.3) is 0 Å². The van der Waals surface area contributed by atoms with Crippen molar-refractivity contribution in [1.82, 2.24) is 15.0 Å². The predicted octanol–water partition coefficient (Wildman–Crippen LogP) is 2.27. The van der Waals surface area contributed by atoms with Crippen molar-refractivity contribution in [2.75, 3.05) is 38.2 Å². The normalized spacial score (nSPS) is 17.5. The third-order valence-electron chi connectivity index (χ3n) is 4.18. The molecule has 6 heteroatoms. The van der Waals surface area contributed by atoms with Crippen LogP contribution in [0.1, 0.15) is 24.7 Å². The van der Waals surface area contributed by atoms with E-state index in [1.807, 2.05) is 19.1 Å². The molecule has 0 amide bonds. The fourth-order valence-electron chi connectivity index (χ4n) is 2.81. The van der Waals surface area contributed by atoms with Gasteiger partial charge in [0.1, 0.15) is 5.75 Å². The summed E-state index contributed by atoms with van der Waals surface area (Å²) in [5.74, 6) is 2.29. The van der Waals surface area contributed by atoms with Crippen molar-refractivity contribution in [3.8, 4) is 5.75 Å². The quantitative estimate of drug-likeness (QED) is 0.863. The number of rotatable bonds is 4. The van der Waals surface area contributed by atoms with Crippen molar-refractivity contribution in [1.29, 1.82) is 0 Å². The predicted molar refractivity (Wildman–Crippen MR) is 84.2 cm³/mol. The van der Waals surface area contributed by atoms with Gasteiger partial charge < -0.3 is 14.2 Å². The molecular formula is C16H22N4O2. The molecule has 2 aromatic rings. The molecule has 1 atom stereocenters. The molecule has 0 aliphatic carbocycles. The van der Waals surface area contributed by atoms with E-state index in [0.717, 1.165) is 31.9 Å². The van der Waals surface area contributed by atoms with Gasteiger partial charge in [-0.15, -0.1) is 0 Å². The zero-order valence-electron chi connectivity index (χ0n) is 13.3. The molecule has 1 aliphatic heterocycles. The summed E-state index contributed by atoms with van der Waals surface area (Å²) in [4.78, 5) is 9.09. The molecule has 1 fully saturated rings. The number of hydrogen-bond donors (Lipinski definition) is 0. The third-order valence-corrected chi connectivity index (χ3v) is 4.18. The molecule has 1 saturated heterocycles. The highest BCUT2D eigenvalue weighted by Gasteiger charge is 2.25. The minimum atomic E-state index is 0.161. The zero-order valence-corrected chi connectivity index (χ0v) is 13.3. The summed E-state index contributed by atoms with van der Waals surface area (Å²) in [5, 5.41) is 3.88. The molecule has 1 aliphatic rings. The lowest BCUT2D eigenvalue weighted by Gasteiger charge is -2.38. The van der Waals surface area contributed by atoms with E-state index in [2.05, 4.69) is 39.0 Å². The number of nitrogens with zero attached hydrogens (tertiary/aromatic N) is 4. The van der Waals surface area contributed by atoms with Gasteiger partial charge >= 0.3 is 0 Å². The van der Waals surface area contributed by atoms with Crippen LogP contribution in [0, 0.1) is 6.92 Å². The molecular weight excluding hydrogens is 280 g/mol. The van der Waals surface area contributed by atoms with E-state index in [1.54, 1.807) is 7.11 Å². The van der Waals surface area contributed by atoms with E-state index in [0.29, 0.717) is 11.7 Å². The van der Waals surface area contributed by atoms with Crippen LogP contribution in [0.5, 0.6) is 5.75 Å². The Labute approximate surface area is 130 Å². The maximum Gasteiger partial charge on any atom is 0.243 e. The number of anilines is 1. The Hall–Kier alpha value is -2.08. The summed E-state index contributed by atoms with van der Waals surface area (Å²) < 4.78 is 10.6. The van der Waals surface area contributed by atoms with Crippen LogP contribution in [-0.4, -0.2) is 48.3 Å². The SMILES string of the molecule is COc1cccc(N2CCN([C@@H](C)c3nc(C)no3)CC2)c1. The minimum Gasteiger partial charge on any atom is -0.497 e. The summed E-state index contributed by atoms with van der Waals surface area (Å²) in [6.07, 6.45) is 0. The average molecular weight is 302 g/mol. The van der Waals surface area contributed by atoms with Gasteiger partial charge in [-0.05, 0) is 26.0 Å². The molecule has 1 aromatic heterocycles. The van der Waals surface area contributed by atoms with Crippen LogP contribution >= 0.6 is 0 Å². The number of benzene rings is 1. The van der Waals surface area contributed by atoms with Crippen molar-refractivity contribution < 1.29 is 9.26 Å². The first kappa shape index (κ1) is 14.8. The van der Waals surface area contributed by atoms with Gasteiger partial charge in [-0.1, -0.05) is 11.2 Å². The minimum absolute atomic E-state index is 0.161. The molecule has 6 nitrogen and oxygen atoms in total. The first-order chi connectivity index (χ1) is 10.7. The lowest BCUT2D eigenvalue weighted by Crippen LogP contribution is -2.47. The topological polar surface area (TPSA) is 54.6 Å². The Morgan fingerprint density at radius 2 is 2.00 bits per heavy atom. The molecule has 0 radical (unpaired) electrons. The number of ether oxygens (including phenoxy) is 1. The van der Waals surface area contributed by atoms with Crippen molar-refractivity contribution in [2.45, 2.75) is 19.9 Å². The summed E-state index contributed by atoms with van der Waals surface area (Å²) in [5.41, 5.74) is 1.21. The fraction of sp³-hybridized carbons (Fsp3) is 0.500. The summed E-state index contributed by atoms with van der Waals surface area (Å²) in [6, 6.07) is 8.38. The second kappa shape index (κ2) is 6.36. The highest BCUT2D eigenvalue weighted by Crippen LogP contribution is 2.25. The second-order valence-electron chi connectivity index (χ2n) is 5.58. The molecule has 0 N–H and O–H groups in total. The molecule has 0 unspecified atom stereocenters. The lowest BCUT2D eigenvalue weighted by atomic mass is 10.2. The van der Waals surface area contributed by atoms with E-state index in [9.17, 15) is 0 Å². The summed E-state index contributed by atoms with van der Waals surface area (Å²) >= 11 is 0. The Balaban J connectivity index is 1.62. The van der Waals surface area contributed by atoms with E-state index >= 15 is 0 Å². The Bertz CT molecular complexity index is 620. The van der Waals surface area contributed by atoms with Crippen molar-refractivity contribution >= 4 is 5.69 Å². The van der Waals surface area contributed by atoms with Crippen molar-refractivity contribution in [3.05, 3.63) is 36.0 Å². The van der Waals surface area contributed by atoms with E-state index in [4.69, 9.17) is 9.26 Å². The van der Waals surface area contributed by atoms with E-state index in [-0.39, 0.29) is 6.04 Å². The number of piperazine rings is 1. The van der Waals surface area contributed by atoms with Crippen LogP contribution in [0.15, 0.2) is 28.8 Å². The highest BCUT2D eigenvalue weighted by molar-refractivity contribution is 5.51. The van der Waals surface area contributed by atoms with Crippen molar-refractivity contribution in [2.24, 2.45) is 0 Å². The van der Waals surface area contributed by atoms with Gasteiger partial charge in [0.05, 0.1) is 13.2 Å². The lowest BCUT2D eigenvalue weighted by molar-refractivity contribution is 0.164. The van der Waals surface area contributed by atoms with Gasteiger partial charge in [0, 0.05) is 37.9 Å². The van der Waals surface area contributed by atoms with Crippen LogP contribution in [0.2, 0.25) is 0 Å². The largest absolute Gasteiger partial charge is 0.497 e. The Kier molecular flexibility index (Phi) is 4.29. The maximum atomic E-state index is 5.30. The summed E-state index contributed by atoms with van der Waals surface area (Å²) in [7, 11) is 1.70. The van der Waals surface area contributed by atoms with Gasteiger partial charge in [0.15, 0.2) is 5.82 Å². The Morgan fingerprint density at radius 3 is 2.64 bits per heavy atom. The average Bonchev–Trinajstić information content (AvgIpc) is 3.01. The van der Waals surface area contributed by atoms with Gasteiger partial charge in [-0.25, -0.2) is 0 Å². The molecule has 2 heterocycles. The molecule has 1 aromatic carbocycles. The Morgan fingerprint density at radius 1 is 1.23 bits per heavy atom. The van der Waals surface area contributed by atoms with Crippen LogP contribution < -0.4 is 9.64 Å². The number of aryl methyl sites for hydroxylation is 1. The maximum absolute atomic E-state index is 5.30. The molecule has 22 heavy (non-hydrogen) atoms. The molecule has 118 valence electrons. The number of methoxy groups -OCH3 is 1. The standard InChI is InChI=1S/C16H22N4O2/c1-12(16-17-13(2)18-22-16)19-7-9-20(10-8-19)14-5-4-6-15(11-14)21-3/h4-6,11-12H,7-10H2,1-3H3/t12-/m0/s1. The second-order valence-corrected chi connectivity index (χ2v) is 5.58. The van der Waals surface area contributed by atoms with Crippen LogP contribution in [0.25, 0.3) is 0 Å². The number of hydrogen-bond acceptors (Lipinski definition) is 6. The summed E-state index contributed by atoms with van der Waals surface area (Å²) in [6.45, 7) is 7.86. The van der Waals surface area contributed by atoms with E-state index in [1.165, 1.54) is 5.69 Å². The molecule has 0 spiro atoms. The molecule has 0 bridgehead atoms.